The molecule has 2 aliphatic heterocycles. The maximum atomic E-state index is 13.3. The Balaban J connectivity index is 1.06. The lowest BCUT2D eigenvalue weighted by Crippen LogP contribution is -2.44. The van der Waals surface area contributed by atoms with E-state index in [-0.39, 0.29) is 43.8 Å². The van der Waals surface area contributed by atoms with Gasteiger partial charge in [-0.25, -0.2) is 9.69 Å². The highest BCUT2D eigenvalue weighted by Gasteiger charge is 2.42. The average Bonchev–Trinajstić information content (AvgIpc) is 3.48. The fraction of sp³-hybridized carbons (Fsp3) is 0.295. The van der Waals surface area contributed by atoms with Gasteiger partial charge in [-0.1, -0.05) is 110 Å². The minimum Gasteiger partial charge on any atom is -0.445 e. The van der Waals surface area contributed by atoms with Crippen molar-refractivity contribution in [3.63, 3.8) is 0 Å². The first kappa shape index (κ1) is 36.9. The second-order valence-electron chi connectivity index (χ2n) is 14.2. The van der Waals surface area contributed by atoms with E-state index in [1.54, 1.807) is 24.3 Å². The number of imide groups is 1. The Morgan fingerprint density at radius 1 is 0.870 bits per heavy atom. The van der Waals surface area contributed by atoms with Crippen molar-refractivity contribution in [2.45, 2.75) is 64.1 Å². The molecule has 2 saturated heterocycles. The summed E-state index contributed by atoms with van der Waals surface area (Å²) in [6, 6.07) is 38.0. The van der Waals surface area contributed by atoms with E-state index in [9.17, 15) is 19.5 Å². The monoisotopic (exact) mass is 727 g/mol. The van der Waals surface area contributed by atoms with Crippen LogP contribution < -0.4 is 10.2 Å². The maximum Gasteiger partial charge on any atom is 0.408 e. The quantitative estimate of drug-likeness (QED) is 0.136. The number of aliphatic hydroxyl groups is 1. The van der Waals surface area contributed by atoms with E-state index >= 15 is 0 Å². The second kappa shape index (κ2) is 16.3. The van der Waals surface area contributed by atoms with Crippen LogP contribution in [0.2, 0.25) is 0 Å². The van der Waals surface area contributed by atoms with Gasteiger partial charge in [-0.15, -0.1) is 0 Å². The standard InChI is InChI=1S/C44H45N3O7/c1-28-39(25-46(3)29(2)35-18-17-32-11-7-8-12-36(32)23-35)53-43(54-41(28)33-15-13-30(26-48)14-16-33)34-19-21-37(22-20-34)47-40(49)24-38(42(47)50)45-44(51)52-27-31-9-5-4-6-10-31/h4-23,28-29,38-39,41,43,48H,24-27H2,1-3H3,(H,45,51). The molecule has 3 amide bonds. The van der Waals surface area contributed by atoms with E-state index in [4.69, 9.17) is 14.2 Å². The van der Waals surface area contributed by atoms with Crippen LogP contribution in [-0.2, 0) is 37.0 Å². The molecule has 2 heterocycles. The molecule has 0 radical (unpaired) electrons. The van der Waals surface area contributed by atoms with Crippen molar-refractivity contribution in [3.8, 4) is 0 Å². The van der Waals surface area contributed by atoms with Crippen LogP contribution in [0.3, 0.4) is 0 Å². The van der Waals surface area contributed by atoms with Crippen molar-refractivity contribution in [1.29, 1.82) is 0 Å². The number of anilines is 1. The topological polar surface area (TPSA) is 118 Å². The van der Waals surface area contributed by atoms with Gasteiger partial charge in [0.2, 0.25) is 5.91 Å². The van der Waals surface area contributed by atoms with Crippen molar-refractivity contribution in [3.05, 3.63) is 149 Å². The first-order valence-electron chi connectivity index (χ1n) is 18.3. The number of carbonyl (C=O) groups excluding carboxylic acids is 3. The average molecular weight is 728 g/mol. The lowest BCUT2D eigenvalue weighted by Gasteiger charge is -2.43. The summed E-state index contributed by atoms with van der Waals surface area (Å²) in [5.41, 5.74) is 4.94. The molecule has 54 heavy (non-hydrogen) atoms. The van der Waals surface area contributed by atoms with Gasteiger partial charge in [0.1, 0.15) is 12.6 Å². The number of alkyl carbamates (subject to hydrolysis) is 1. The van der Waals surface area contributed by atoms with Crippen molar-refractivity contribution < 1.29 is 33.7 Å². The van der Waals surface area contributed by atoms with Crippen molar-refractivity contribution in [1.82, 2.24) is 10.2 Å². The lowest BCUT2D eigenvalue weighted by molar-refractivity contribution is -0.276. The first-order valence-corrected chi connectivity index (χ1v) is 18.3. The molecule has 5 aromatic rings. The Labute approximate surface area is 315 Å². The van der Waals surface area contributed by atoms with Crippen LogP contribution in [0.1, 0.15) is 66.5 Å². The summed E-state index contributed by atoms with van der Waals surface area (Å²) in [5.74, 6) is -0.969. The van der Waals surface area contributed by atoms with Crippen LogP contribution in [0.25, 0.3) is 10.8 Å². The zero-order chi connectivity index (χ0) is 37.8. The van der Waals surface area contributed by atoms with E-state index in [1.807, 2.05) is 60.7 Å². The molecule has 0 bridgehead atoms. The highest BCUT2D eigenvalue weighted by atomic mass is 16.7. The normalized spacial score (nSPS) is 22.1. The number of benzene rings is 5. The van der Waals surface area contributed by atoms with Gasteiger partial charge in [0, 0.05) is 24.1 Å². The van der Waals surface area contributed by atoms with E-state index in [0.29, 0.717) is 12.2 Å². The van der Waals surface area contributed by atoms with Gasteiger partial charge in [0.25, 0.3) is 5.91 Å². The number of carbonyl (C=O) groups is 3. The SMILES string of the molecule is CC1C(CN(C)C(C)c2ccc3ccccc3c2)OC(c2ccc(N3C(=O)CC(NC(=O)OCc4ccccc4)C3=O)cc2)OC1c1ccc(CO)cc1. The molecular weight excluding hydrogens is 682 g/mol. The van der Waals surface area contributed by atoms with Crippen molar-refractivity contribution in [2.24, 2.45) is 5.92 Å². The van der Waals surface area contributed by atoms with Crippen LogP contribution in [0.5, 0.6) is 0 Å². The van der Waals surface area contributed by atoms with Crippen LogP contribution >= 0.6 is 0 Å². The van der Waals surface area contributed by atoms with E-state index in [0.717, 1.165) is 27.2 Å². The molecule has 2 aliphatic rings. The summed E-state index contributed by atoms with van der Waals surface area (Å²) < 4.78 is 18.6. The number of hydrogen-bond donors (Lipinski definition) is 2. The lowest BCUT2D eigenvalue weighted by atomic mass is 9.89. The maximum absolute atomic E-state index is 13.3. The highest BCUT2D eigenvalue weighted by molar-refractivity contribution is 6.22. The number of nitrogens with one attached hydrogen (secondary N) is 1. The third-order valence-corrected chi connectivity index (χ3v) is 10.6. The number of likely N-dealkylation sites (N-methyl/N-ethyl adjacent to an activating group) is 1. The number of ether oxygens (including phenoxy) is 3. The second-order valence-corrected chi connectivity index (χ2v) is 14.2. The van der Waals surface area contributed by atoms with Gasteiger partial charge in [-0.05, 0) is 65.2 Å². The van der Waals surface area contributed by atoms with E-state index < -0.39 is 30.2 Å². The van der Waals surface area contributed by atoms with Crippen LogP contribution in [0.4, 0.5) is 10.5 Å². The fourth-order valence-electron chi connectivity index (χ4n) is 7.20. The molecule has 0 saturated carbocycles. The molecular formula is C44H45N3O7. The van der Waals surface area contributed by atoms with Crippen LogP contribution in [0.15, 0.2) is 121 Å². The number of rotatable bonds is 11. The molecule has 2 fully saturated rings. The largest absolute Gasteiger partial charge is 0.445 e. The Bertz CT molecular complexity index is 2090. The molecule has 10 nitrogen and oxygen atoms in total. The third-order valence-electron chi connectivity index (χ3n) is 10.6. The Kier molecular flexibility index (Phi) is 11.2. The summed E-state index contributed by atoms with van der Waals surface area (Å²) in [5, 5.41) is 14.6. The number of amides is 3. The number of aliphatic hydroxyl groups excluding tert-OH is 1. The zero-order valence-corrected chi connectivity index (χ0v) is 30.6. The number of hydrogen-bond acceptors (Lipinski definition) is 8. The van der Waals surface area contributed by atoms with Crippen LogP contribution in [0, 0.1) is 5.92 Å². The van der Waals surface area contributed by atoms with E-state index in [2.05, 4.69) is 67.5 Å². The summed E-state index contributed by atoms with van der Waals surface area (Å²) in [7, 11) is 2.11. The molecule has 6 unspecified atom stereocenters. The van der Waals surface area contributed by atoms with Crippen molar-refractivity contribution >= 4 is 34.4 Å². The van der Waals surface area contributed by atoms with Crippen molar-refractivity contribution in [2.75, 3.05) is 18.5 Å². The smallest absolute Gasteiger partial charge is 0.408 e. The number of nitrogens with zero attached hydrogens (tertiary/aromatic N) is 2. The highest BCUT2D eigenvalue weighted by Crippen LogP contribution is 2.42. The third kappa shape index (κ3) is 8.07. The predicted molar refractivity (Wildman–Crippen MR) is 205 cm³/mol. The summed E-state index contributed by atoms with van der Waals surface area (Å²) in [6.07, 6.45) is -2.19. The van der Waals surface area contributed by atoms with E-state index in [1.165, 1.54) is 16.3 Å². The van der Waals surface area contributed by atoms with Gasteiger partial charge in [-0.3, -0.25) is 14.5 Å². The molecule has 6 atom stereocenters. The van der Waals surface area contributed by atoms with Crippen LogP contribution in [-0.4, -0.2) is 53.7 Å². The van der Waals surface area contributed by atoms with Gasteiger partial charge < -0.3 is 24.6 Å². The molecule has 0 spiro atoms. The van der Waals surface area contributed by atoms with Gasteiger partial charge in [-0.2, -0.15) is 0 Å². The van der Waals surface area contributed by atoms with Gasteiger partial charge >= 0.3 is 6.09 Å². The molecule has 10 heteroatoms. The Hall–Kier alpha value is -5.39. The predicted octanol–water partition coefficient (Wildman–Crippen LogP) is 7.37. The van der Waals surface area contributed by atoms with Gasteiger partial charge in [0.15, 0.2) is 6.29 Å². The number of fused-ring (bicyclic) bond motifs is 1. The molecule has 0 aliphatic carbocycles. The molecule has 278 valence electrons. The first-order chi connectivity index (χ1) is 26.2. The Morgan fingerprint density at radius 3 is 2.28 bits per heavy atom. The molecule has 2 N–H and O–H groups in total. The zero-order valence-electron chi connectivity index (χ0n) is 30.6. The minimum atomic E-state index is -1.03. The summed E-state index contributed by atoms with van der Waals surface area (Å²) in [4.78, 5) is 42.2. The van der Waals surface area contributed by atoms with Gasteiger partial charge in [0.05, 0.1) is 30.9 Å². The Morgan fingerprint density at radius 2 is 1.56 bits per heavy atom. The fourth-order valence-corrected chi connectivity index (χ4v) is 7.20. The summed E-state index contributed by atoms with van der Waals surface area (Å²) in [6.45, 7) is 4.97. The minimum absolute atomic E-state index is 0.0181. The molecule has 0 aromatic heterocycles. The summed E-state index contributed by atoms with van der Waals surface area (Å²) >= 11 is 0. The molecule has 7 rings (SSSR count). The molecule has 5 aromatic carbocycles.